The van der Waals surface area contributed by atoms with Crippen molar-refractivity contribution in [1.29, 1.82) is 0 Å². The highest BCUT2D eigenvalue weighted by atomic mass is 15.4. The average Bonchev–Trinajstić information content (AvgIpc) is 3.42. The first-order valence-corrected chi connectivity index (χ1v) is 11.1. The van der Waals surface area contributed by atoms with Crippen molar-refractivity contribution in [2.45, 2.75) is 70.9 Å². The Bertz CT molecular complexity index is 1040. The van der Waals surface area contributed by atoms with Gasteiger partial charge in [-0.1, -0.05) is 32.8 Å². The summed E-state index contributed by atoms with van der Waals surface area (Å²) in [6.45, 7) is 4.42. The van der Waals surface area contributed by atoms with Crippen molar-refractivity contribution in [2.75, 3.05) is 5.73 Å². The number of hydrogen-bond acceptors (Lipinski definition) is 6. The molecule has 7 nitrogen and oxygen atoms in total. The molecule has 156 valence electrons. The molecule has 0 bridgehead atoms. The fourth-order valence-corrected chi connectivity index (χ4v) is 5.15. The number of pyridine rings is 1. The maximum absolute atomic E-state index is 6.34. The zero-order chi connectivity index (χ0) is 20.7. The van der Waals surface area contributed by atoms with Crippen LogP contribution in [0.5, 0.6) is 0 Å². The van der Waals surface area contributed by atoms with Crippen LogP contribution < -0.4 is 5.73 Å². The van der Waals surface area contributed by atoms with Crippen LogP contribution >= 0.6 is 0 Å². The Labute approximate surface area is 177 Å². The first-order valence-electron chi connectivity index (χ1n) is 11.1. The van der Waals surface area contributed by atoms with Gasteiger partial charge in [-0.25, -0.2) is 4.99 Å². The van der Waals surface area contributed by atoms with Crippen molar-refractivity contribution >= 4 is 22.9 Å². The van der Waals surface area contributed by atoms with Crippen LogP contribution in [0.25, 0.3) is 11.4 Å². The number of anilines is 1. The summed E-state index contributed by atoms with van der Waals surface area (Å²) in [5, 5.41) is 8.78. The smallest absolute Gasteiger partial charge is 0.160 e. The zero-order valence-electron chi connectivity index (χ0n) is 17.8. The molecule has 2 aliphatic heterocycles. The molecule has 0 amide bonds. The Kier molecular flexibility index (Phi) is 4.89. The third-order valence-electron chi connectivity index (χ3n) is 6.67. The number of allylic oxidation sites excluding steroid dienone is 2. The Balaban J connectivity index is 1.73. The number of aromatic nitrogens is 4. The van der Waals surface area contributed by atoms with Gasteiger partial charge < -0.3 is 10.6 Å². The van der Waals surface area contributed by atoms with Crippen LogP contribution in [0.2, 0.25) is 0 Å². The maximum Gasteiger partial charge on any atom is 0.160 e. The third kappa shape index (κ3) is 2.95. The molecule has 5 rings (SSSR count). The van der Waals surface area contributed by atoms with Gasteiger partial charge in [-0.05, 0) is 43.7 Å². The normalized spacial score (nSPS) is 21.8. The SMILES string of the molecule is CCC1=C(c2ccncc2N)N=C2C(=CC1)n1cnnc1C(CC)N2C1CCCC1. The highest BCUT2D eigenvalue weighted by Gasteiger charge is 2.40. The van der Waals surface area contributed by atoms with Gasteiger partial charge in [0, 0.05) is 17.8 Å². The minimum atomic E-state index is 0.186. The first-order chi connectivity index (χ1) is 14.7. The summed E-state index contributed by atoms with van der Waals surface area (Å²) in [4.78, 5) is 12.1. The Hall–Kier alpha value is -2.96. The van der Waals surface area contributed by atoms with Crippen molar-refractivity contribution < 1.29 is 0 Å². The molecule has 4 heterocycles. The number of fused-ring (bicyclic) bond motifs is 3. The first kappa shape index (κ1) is 19.0. The van der Waals surface area contributed by atoms with Crippen LogP contribution in [0, 0.1) is 0 Å². The van der Waals surface area contributed by atoms with Gasteiger partial charge in [0.05, 0.1) is 29.3 Å². The summed E-state index contributed by atoms with van der Waals surface area (Å²) in [6, 6.07) is 2.66. The van der Waals surface area contributed by atoms with Gasteiger partial charge >= 0.3 is 0 Å². The van der Waals surface area contributed by atoms with Gasteiger partial charge in [-0.15, -0.1) is 10.2 Å². The Morgan fingerprint density at radius 1 is 1.20 bits per heavy atom. The van der Waals surface area contributed by atoms with E-state index in [2.05, 4.69) is 44.6 Å². The molecule has 2 N–H and O–H groups in total. The number of aliphatic imine (C=N–C) groups is 1. The Morgan fingerprint density at radius 3 is 2.77 bits per heavy atom. The molecule has 1 saturated carbocycles. The summed E-state index contributed by atoms with van der Waals surface area (Å²) in [5.41, 5.74) is 11.4. The molecule has 0 saturated heterocycles. The van der Waals surface area contributed by atoms with E-state index in [1.807, 2.05) is 12.4 Å². The molecule has 1 atom stereocenters. The van der Waals surface area contributed by atoms with Crippen LogP contribution in [-0.2, 0) is 0 Å². The molecule has 30 heavy (non-hydrogen) atoms. The van der Waals surface area contributed by atoms with Crippen molar-refractivity contribution in [1.82, 2.24) is 24.6 Å². The van der Waals surface area contributed by atoms with Gasteiger partial charge in [0.2, 0.25) is 0 Å². The zero-order valence-corrected chi connectivity index (χ0v) is 17.8. The predicted octanol–water partition coefficient (Wildman–Crippen LogP) is 4.43. The molecular formula is C23H29N7. The second-order valence-electron chi connectivity index (χ2n) is 8.33. The second-order valence-corrected chi connectivity index (χ2v) is 8.33. The van der Waals surface area contributed by atoms with Crippen LogP contribution in [0.15, 0.2) is 41.4 Å². The maximum atomic E-state index is 6.34. The van der Waals surface area contributed by atoms with Crippen LogP contribution in [0.3, 0.4) is 0 Å². The van der Waals surface area contributed by atoms with E-state index in [1.165, 1.54) is 31.3 Å². The number of nitrogens with zero attached hydrogens (tertiary/aromatic N) is 6. The van der Waals surface area contributed by atoms with Gasteiger partial charge in [-0.2, -0.15) is 0 Å². The van der Waals surface area contributed by atoms with E-state index < -0.39 is 0 Å². The number of nitrogen functional groups attached to an aromatic ring is 1. The number of rotatable bonds is 4. The summed E-state index contributed by atoms with van der Waals surface area (Å²) in [5.74, 6) is 2.07. The minimum Gasteiger partial charge on any atom is -0.397 e. The molecule has 2 aromatic rings. The largest absolute Gasteiger partial charge is 0.397 e. The van der Waals surface area contributed by atoms with Crippen LogP contribution in [0.1, 0.15) is 76.2 Å². The molecular weight excluding hydrogens is 374 g/mol. The minimum absolute atomic E-state index is 0.186. The molecule has 7 heteroatoms. The van der Waals surface area contributed by atoms with E-state index in [0.29, 0.717) is 11.7 Å². The molecule has 1 fully saturated rings. The van der Waals surface area contributed by atoms with Crippen molar-refractivity contribution in [2.24, 2.45) is 4.99 Å². The lowest BCUT2D eigenvalue weighted by molar-refractivity contribution is 0.218. The molecule has 1 aliphatic carbocycles. The summed E-state index contributed by atoms with van der Waals surface area (Å²) in [6.07, 6.45) is 15.3. The Morgan fingerprint density at radius 2 is 2.03 bits per heavy atom. The molecule has 3 aliphatic rings. The molecule has 1 unspecified atom stereocenters. The van der Waals surface area contributed by atoms with E-state index in [-0.39, 0.29) is 6.04 Å². The third-order valence-corrected chi connectivity index (χ3v) is 6.67. The number of nitrogens with two attached hydrogens (primary N) is 1. The summed E-state index contributed by atoms with van der Waals surface area (Å²) < 4.78 is 2.14. The number of hydrogen-bond donors (Lipinski definition) is 1. The van der Waals surface area contributed by atoms with E-state index in [1.54, 1.807) is 12.4 Å². The van der Waals surface area contributed by atoms with Gasteiger partial charge in [0.1, 0.15) is 6.33 Å². The van der Waals surface area contributed by atoms with E-state index in [4.69, 9.17) is 10.7 Å². The fourth-order valence-electron chi connectivity index (χ4n) is 5.15. The van der Waals surface area contributed by atoms with Crippen molar-refractivity contribution in [3.63, 3.8) is 0 Å². The predicted molar refractivity (Wildman–Crippen MR) is 119 cm³/mol. The van der Waals surface area contributed by atoms with E-state index in [9.17, 15) is 0 Å². The van der Waals surface area contributed by atoms with Crippen LogP contribution in [0.4, 0.5) is 5.69 Å². The standard InChI is InChI=1S/C23H29N7/c1-3-15-9-10-20-22(27-21(15)17-11-12-25-13-18(17)24)30(16-7-5-6-8-16)19(4-2)23-28-26-14-29(20)23/h10-14,16,19H,3-9,24H2,1-2H3. The highest BCUT2D eigenvalue weighted by Crippen LogP contribution is 2.42. The van der Waals surface area contributed by atoms with Crippen molar-refractivity contribution in [3.8, 4) is 0 Å². The number of amidine groups is 1. The van der Waals surface area contributed by atoms with Crippen molar-refractivity contribution in [3.05, 3.63) is 47.8 Å². The lowest BCUT2D eigenvalue weighted by Crippen LogP contribution is -2.47. The lowest BCUT2D eigenvalue weighted by atomic mass is 10.0. The second kappa shape index (κ2) is 7.70. The average molecular weight is 404 g/mol. The molecule has 0 spiro atoms. The molecule has 0 aromatic carbocycles. The van der Waals surface area contributed by atoms with Crippen LogP contribution in [-0.4, -0.2) is 36.5 Å². The topological polar surface area (TPSA) is 85.2 Å². The quantitative estimate of drug-likeness (QED) is 0.816. The highest BCUT2D eigenvalue weighted by molar-refractivity contribution is 6.20. The monoisotopic (exact) mass is 403 g/mol. The molecule has 0 radical (unpaired) electrons. The summed E-state index contributed by atoms with van der Waals surface area (Å²) >= 11 is 0. The van der Waals surface area contributed by atoms with Gasteiger partial charge in [-0.3, -0.25) is 9.55 Å². The fraction of sp³-hybridized carbons (Fsp3) is 0.478. The van der Waals surface area contributed by atoms with Gasteiger partial charge in [0.25, 0.3) is 0 Å². The van der Waals surface area contributed by atoms with E-state index in [0.717, 1.165) is 47.9 Å². The molecule has 2 aromatic heterocycles. The van der Waals surface area contributed by atoms with E-state index >= 15 is 0 Å². The lowest BCUT2D eigenvalue weighted by Gasteiger charge is -2.42. The van der Waals surface area contributed by atoms with Gasteiger partial charge in [0.15, 0.2) is 11.7 Å². The summed E-state index contributed by atoms with van der Waals surface area (Å²) in [7, 11) is 0.